The number of hydrogen-bond donors (Lipinski definition) is 1. The normalized spacial score (nSPS) is 11.5. The minimum absolute atomic E-state index is 0.0646. The molecule has 0 saturated carbocycles. The van der Waals surface area contributed by atoms with Crippen LogP contribution < -0.4 is 5.43 Å². The van der Waals surface area contributed by atoms with E-state index in [4.69, 9.17) is 0 Å². The van der Waals surface area contributed by atoms with Gasteiger partial charge in [-0.05, 0) is 37.8 Å². The molecule has 0 aliphatic carbocycles. The van der Waals surface area contributed by atoms with E-state index in [9.17, 15) is 4.79 Å². The zero-order valence-corrected chi connectivity index (χ0v) is 14.7. The lowest BCUT2D eigenvalue weighted by molar-refractivity contribution is -0.118. The highest BCUT2D eigenvalue weighted by molar-refractivity contribution is 7.99. The van der Waals surface area contributed by atoms with Gasteiger partial charge in [-0.25, -0.2) is 5.43 Å². The van der Waals surface area contributed by atoms with Crippen molar-refractivity contribution in [3.05, 3.63) is 57.3 Å². The zero-order chi connectivity index (χ0) is 15.9. The SMILES string of the molecule is C/C(=N\NC(=O)CSCc1cc(C)cc(C)c1)c1cccs1. The zero-order valence-electron chi connectivity index (χ0n) is 13.1. The molecule has 0 unspecified atom stereocenters. The Kier molecular flexibility index (Phi) is 6.21. The Morgan fingerprint density at radius 3 is 2.64 bits per heavy atom. The number of hydrazone groups is 1. The average Bonchev–Trinajstić information content (AvgIpc) is 2.98. The molecule has 1 heterocycles. The van der Waals surface area contributed by atoms with Crippen molar-refractivity contribution in [1.82, 2.24) is 5.43 Å². The van der Waals surface area contributed by atoms with Gasteiger partial charge in [0.15, 0.2) is 0 Å². The lowest BCUT2D eigenvalue weighted by Gasteiger charge is -2.05. The van der Waals surface area contributed by atoms with Crippen LogP contribution in [0.3, 0.4) is 0 Å². The number of thiophene rings is 1. The maximum atomic E-state index is 11.8. The van der Waals surface area contributed by atoms with Gasteiger partial charge in [0, 0.05) is 10.6 Å². The van der Waals surface area contributed by atoms with Crippen LogP contribution in [0.4, 0.5) is 0 Å². The monoisotopic (exact) mass is 332 g/mol. The number of rotatable bonds is 6. The van der Waals surface area contributed by atoms with E-state index in [1.165, 1.54) is 16.7 Å². The Morgan fingerprint density at radius 1 is 1.27 bits per heavy atom. The van der Waals surface area contributed by atoms with Gasteiger partial charge in [0.2, 0.25) is 5.91 Å². The van der Waals surface area contributed by atoms with E-state index in [0.29, 0.717) is 5.75 Å². The molecule has 0 bridgehead atoms. The van der Waals surface area contributed by atoms with Crippen molar-refractivity contribution >= 4 is 34.7 Å². The number of carbonyl (C=O) groups is 1. The molecule has 1 amide bonds. The van der Waals surface area contributed by atoms with Crippen molar-refractivity contribution in [2.24, 2.45) is 5.10 Å². The van der Waals surface area contributed by atoms with E-state index >= 15 is 0 Å². The molecule has 2 rings (SSSR count). The topological polar surface area (TPSA) is 41.5 Å². The largest absolute Gasteiger partial charge is 0.272 e. The highest BCUT2D eigenvalue weighted by Gasteiger charge is 2.03. The molecule has 2 aromatic rings. The number of thioether (sulfide) groups is 1. The summed E-state index contributed by atoms with van der Waals surface area (Å²) in [6, 6.07) is 10.4. The number of hydrogen-bond acceptors (Lipinski definition) is 4. The lowest BCUT2D eigenvalue weighted by Crippen LogP contribution is -2.21. The van der Waals surface area contributed by atoms with Crippen molar-refractivity contribution in [3.63, 3.8) is 0 Å². The summed E-state index contributed by atoms with van der Waals surface area (Å²) in [5, 5.41) is 6.13. The number of carbonyl (C=O) groups excluding carboxylic acids is 1. The summed E-state index contributed by atoms with van der Waals surface area (Å²) >= 11 is 3.22. The lowest BCUT2D eigenvalue weighted by atomic mass is 10.1. The summed E-state index contributed by atoms with van der Waals surface area (Å²) in [6.07, 6.45) is 0. The molecule has 3 nitrogen and oxygen atoms in total. The minimum atomic E-state index is -0.0646. The summed E-state index contributed by atoms with van der Waals surface area (Å²) in [5.41, 5.74) is 7.23. The van der Waals surface area contributed by atoms with Gasteiger partial charge in [0.25, 0.3) is 0 Å². The molecule has 1 aromatic heterocycles. The van der Waals surface area contributed by atoms with Crippen LogP contribution in [0.1, 0.15) is 28.5 Å². The van der Waals surface area contributed by atoms with Crippen LogP contribution in [-0.2, 0) is 10.5 Å². The van der Waals surface area contributed by atoms with Gasteiger partial charge in [-0.2, -0.15) is 5.10 Å². The molecule has 22 heavy (non-hydrogen) atoms. The molecule has 0 aliphatic heterocycles. The maximum Gasteiger partial charge on any atom is 0.250 e. The van der Waals surface area contributed by atoms with E-state index in [1.807, 2.05) is 24.4 Å². The molecule has 0 saturated heterocycles. The first-order chi connectivity index (χ1) is 10.5. The van der Waals surface area contributed by atoms with Gasteiger partial charge in [-0.15, -0.1) is 23.1 Å². The second-order valence-corrected chi connectivity index (χ2v) is 7.13. The Hall–Kier alpha value is -1.59. The fourth-order valence-corrected chi connectivity index (χ4v) is 3.56. The van der Waals surface area contributed by atoms with Crippen LogP contribution in [0.5, 0.6) is 0 Å². The number of nitrogens with one attached hydrogen (secondary N) is 1. The van der Waals surface area contributed by atoms with Crippen LogP contribution in [-0.4, -0.2) is 17.4 Å². The van der Waals surface area contributed by atoms with Gasteiger partial charge in [-0.1, -0.05) is 35.4 Å². The fraction of sp³-hybridized carbons (Fsp3) is 0.294. The van der Waals surface area contributed by atoms with Gasteiger partial charge < -0.3 is 0 Å². The summed E-state index contributed by atoms with van der Waals surface area (Å²) in [7, 11) is 0. The van der Waals surface area contributed by atoms with Gasteiger partial charge in [0.05, 0.1) is 11.5 Å². The quantitative estimate of drug-likeness (QED) is 0.638. The minimum Gasteiger partial charge on any atom is -0.272 e. The van der Waals surface area contributed by atoms with Crippen LogP contribution in [0, 0.1) is 13.8 Å². The van der Waals surface area contributed by atoms with E-state index in [0.717, 1.165) is 16.3 Å². The van der Waals surface area contributed by atoms with Gasteiger partial charge >= 0.3 is 0 Å². The highest BCUT2D eigenvalue weighted by atomic mass is 32.2. The van der Waals surface area contributed by atoms with Gasteiger partial charge in [0.1, 0.15) is 0 Å². The molecule has 0 spiro atoms. The van der Waals surface area contributed by atoms with Crippen molar-refractivity contribution in [1.29, 1.82) is 0 Å². The standard InChI is InChI=1S/C17H20N2OS2/c1-12-7-13(2)9-15(8-12)10-21-11-17(20)19-18-14(3)16-5-4-6-22-16/h4-9H,10-11H2,1-3H3,(H,19,20)/b18-14+. The summed E-state index contributed by atoms with van der Waals surface area (Å²) < 4.78 is 0. The average molecular weight is 332 g/mol. The molecular formula is C17H20N2OS2. The summed E-state index contributed by atoms with van der Waals surface area (Å²) in [5.74, 6) is 1.18. The predicted molar refractivity (Wildman–Crippen MR) is 96.8 cm³/mol. The first-order valence-electron chi connectivity index (χ1n) is 7.06. The van der Waals surface area contributed by atoms with E-state index in [2.05, 4.69) is 42.6 Å². The molecule has 1 aromatic carbocycles. The molecule has 116 valence electrons. The number of amides is 1. The number of nitrogens with zero attached hydrogens (tertiary/aromatic N) is 1. The molecule has 1 N–H and O–H groups in total. The predicted octanol–water partition coefficient (Wildman–Crippen LogP) is 4.14. The smallest absolute Gasteiger partial charge is 0.250 e. The Balaban J connectivity index is 1.77. The molecule has 0 radical (unpaired) electrons. The summed E-state index contributed by atoms with van der Waals surface area (Å²) in [6.45, 7) is 6.08. The number of benzene rings is 1. The molecule has 0 fully saturated rings. The van der Waals surface area contributed by atoms with E-state index in [1.54, 1.807) is 23.1 Å². The first-order valence-corrected chi connectivity index (χ1v) is 9.10. The van der Waals surface area contributed by atoms with Crippen LogP contribution in [0.25, 0.3) is 0 Å². The third-order valence-electron chi connectivity index (χ3n) is 3.01. The molecule has 0 aliphatic rings. The van der Waals surface area contributed by atoms with Crippen molar-refractivity contribution < 1.29 is 4.79 Å². The molecular weight excluding hydrogens is 312 g/mol. The van der Waals surface area contributed by atoms with E-state index < -0.39 is 0 Å². The molecule has 5 heteroatoms. The third-order valence-corrected chi connectivity index (χ3v) is 4.99. The second-order valence-electron chi connectivity index (χ2n) is 5.20. The second kappa shape index (κ2) is 8.15. The maximum absolute atomic E-state index is 11.8. The van der Waals surface area contributed by atoms with Crippen LogP contribution >= 0.6 is 23.1 Å². The van der Waals surface area contributed by atoms with E-state index in [-0.39, 0.29) is 5.91 Å². The fourth-order valence-electron chi connectivity index (χ4n) is 2.13. The Morgan fingerprint density at radius 2 is 2.00 bits per heavy atom. The molecule has 0 atom stereocenters. The Bertz CT molecular complexity index is 643. The van der Waals surface area contributed by atoms with Crippen LogP contribution in [0.2, 0.25) is 0 Å². The Labute approximate surface area is 139 Å². The van der Waals surface area contributed by atoms with Crippen molar-refractivity contribution in [2.45, 2.75) is 26.5 Å². The number of aryl methyl sites for hydroxylation is 2. The third kappa shape index (κ3) is 5.31. The highest BCUT2D eigenvalue weighted by Crippen LogP contribution is 2.15. The van der Waals surface area contributed by atoms with Crippen LogP contribution in [0.15, 0.2) is 40.8 Å². The van der Waals surface area contributed by atoms with Crippen molar-refractivity contribution in [2.75, 3.05) is 5.75 Å². The van der Waals surface area contributed by atoms with Gasteiger partial charge in [-0.3, -0.25) is 4.79 Å². The summed E-state index contributed by atoms with van der Waals surface area (Å²) in [4.78, 5) is 12.9. The first kappa shape index (κ1) is 16.8. The van der Waals surface area contributed by atoms with Crippen molar-refractivity contribution in [3.8, 4) is 0 Å².